The van der Waals surface area contributed by atoms with Crippen molar-refractivity contribution in [1.29, 1.82) is 0 Å². The standard InChI is InChI=1S/C16H15ClN6O5/c1-8-4-13(22-28-8)21-16-14(23(24)25)15(18-7-19-16)20-10-5-9(17)11(26-2)6-12(10)27-3/h4-7H,1-3H3,(H2,18,19,20,21,22). The fourth-order valence-corrected chi connectivity index (χ4v) is 2.61. The molecule has 2 heterocycles. The van der Waals surface area contributed by atoms with Gasteiger partial charge in [0.1, 0.15) is 23.6 Å². The predicted octanol–water partition coefficient (Wildman–Crippen LogP) is 3.84. The third-order valence-corrected chi connectivity index (χ3v) is 3.90. The van der Waals surface area contributed by atoms with Crippen molar-refractivity contribution in [2.75, 3.05) is 24.9 Å². The van der Waals surface area contributed by atoms with Crippen molar-refractivity contribution >= 4 is 40.4 Å². The van der Waals surface area contributed by atoms with Gasteiger partial charge in [-0.3, -0.25) is 10.1 Å². The molecule has 0 aliphatic rings. The van der Waals surface area contributed by atoms with Gasteiger partial charge in [0.15, 0.2) is 5.82 Å². The number of benzene rings is 1. The third-order valence-electron chi connectivity index (χ3n) is 3.61. The summed E-state index contributed by atoms with van der Waals surface area (Å²) >= 11 is 6.15. The van der Waals surface area contributed by atoms with Crippen LogP contribution in [0.3, 0.4) is 0 Å². The summed E-state index contributed by atoms with van der Waals surface area (Å²) in [5.41, 5.74) is -0.0320. The molecule has 2 N–H and O–H groups in total. The van der Waals surface area contributed by atoms with Crippen molar-refractivity contribution in [3.05, 3.63) is 45.4 Å². The van der Waals surface area contributed by atoms with Crippen molar-refractivity contribution in [1.82, 2.24) is 15.1 Å². The van der Waals surface area contributed by atoms with Crippen LogP contribution in [0.5, 0.6) is 11.5 Å². The van der Waals surface area contributed by atoms with Crippen LogP contribution in [0.1, 0.15) is 5.76 Å². The molecule has 0 amide bonds. The van der Waals surface area contributed by atoms with E-state index < -0.39 is 10.6 Å². The molecule has 1 aromatic carbocycles. The summed E-state index contributed by atoms with van der Waals surface area (Å²) in [6.07, 6.45) is 1.17. The molecule has 0 saturated heterocycles. The van der Waals surface area contributed by atoms with E-state index in [0.717, 1.165) is 0 Å². The highest BCUT2D eigenvalue weighted by molar-refractivity contribution is 6.32. The second-order valence-electron chi connectivity index (χ2n) is 5.44. The summed E-state index contributed by atoms with van der Waals surface area (Å²) in [5, 5.41) is 21.3. The molecule has 0 aliphatic heterocycles. The number of methoxy groups -OCH3 is 2. The molecule has 0 spiro atoms. The number of ether oxygens (including phenoxy) is 2. The summed E-state index contributed by atoms with van der Waals surface area (Å²) in [6, 6.07) is 4.64. The van der Waals surface area contributed by atoms with Crippen LogP contribution in [-0.4, -0.2) is 34.3 Å². The van der Waals surface area contributed by atoms with Crippen molar-refractivity contribution in [2.45, 2.75) is 6.92 Å². The van der Waals surface area contributed by atoms with Crippen LogP contribution in [0.15, 0.2) is 29.0 Å². The number of rotatable bonds is 7. The average Bonchev–Trinajstić information content (AvgIpc) is 3.06. The number of hydrogen-bond acceptors (Lipinski definition) is 10. The molecule has 0 fully saturated rings. The molecule has 12 heteroatoms. The quantitative estimate of drug-likeness (QED) is 0.439. The summed E-state index contributed by atoms with van der Waals surface area (Å²) in [4.78, 5) is 19.0. The number of nitrogens with one attached hydrogen (secondary N) is 2. The van der Waals surface area contributed by atoms with Gasteiger partial charge < -0.3 is 24.6 Å². The van der Waals surface area contributed by atoms with Crippen molar-refractivity contribution in [3.8, 4) is 11.5 Å². The lowest BCUT2D eigenvalue weighted by Gasteiger charge is -2.14. The normalized spacial score (nSPS) is 10.4. The van der Waals surface area contributed by atoms with Crippen LogP contribution in [0.25, 0.3) is 0 Å². The first-order valence-corrected chi connectivity index (χ1v) is 8.19. The van der Waals surface area contributed by atoms with Crippen LogP contribution in [0.4, 0.5) is 28.8 Å². The highest BCUT2D eigenvalue weighted by Gasteiger charge is 2.25. The monoisotopic (exact) mass is 406 g/mol. The molecule has 2 aromatic heterocycles. The summed E-state index contributed by atoms with van der Waals surface area (Å²) in [7, 11) is 2.91. The second-order valence-corrected chi connectivity index (χ2v) is 5.84. The molecule has 0 bridgehead atoms. The highest BCUT2D eigenvalue weighted by atomic mass is 35.5. The van der Waals surface area contributed by atoms with E-state index in [1.807, 2.05) is 0 Å². The van der Waals surface area contributed by atoms with Crippen molar-refractivity contribution in [3.63, 3.8) is 0 Å². The van der Waals surface area contributed by atoms with Gasteiger partial charge in [-0.15, -0.1) is 0 Å². The fourth-order valence-electron chi connectivity index (χ4n) is 2.37. The minimum Gasteiger partial charge on any atom is -0.495 e. The van der Waals surface area contributed by atoms with Crippen LogP contribution in [0.2, 0.25) is 5.02 Å². The Morgan fingerprint density at radius 2 is 1.79 bits per heavy atom. The van der Waals surface area contributed by atoms with Gasteiger partial charge in [-0.25, -0.2) is 9.97 Å². The zero-order chi connectivity index (χ0) is 20.3. The molecule has 0 aliphatic carbocycles. The van der Waals surface area contributed by atoms with E-state index in [9.17, 15) is 10.1 Å². The number of nitrogens with zero attached hydrogens (tertiary/aromatic N) is 4. The lowest BCUT2D eigenvalue weighted by atomic mass is 10.2. The van der Waals surface area contributed by atoms with Gasteiger partial charge in [-0.05, 0) is 13.0 Å². The minimum atomic E-state index is -0.616. The second kappa shape index (κ2) is 7.96. The Morgan fingerprint density at radius 3 is 2.36 bits per heavy atom. The van der Waals surface area contributed by atoms with E-state index in [4.69, 9.17) is 25.6 Å². The van der Waals surface area contributed by atoms with E-state index in [1.54, 1.807) is 19.1 Å². The molecule has 0 radical (unpaired) electrons. The van der Waals surface area contributed by atoms with Gasteiger partial charge >= 0.3 is 5.69 Å². The van der Waals surface area contributed by atoms with E-state index in [0.29, 0.717) is 28.0 Å². The third kappa shape index (κ3) is 3.88. The van der Waals surface area contributed by atoms with Gasteiger partial charge in [0.25, 0.3) is 0 Å². The molecular weight excluding hydrogens is 392 g/mol. The minimum absolute atomic E-state index is 0.0608. The van der Waals surface area contributed by atoms with Gasteiger partial charge in [0.2, 0.25) is 11.6 Å². The lowest BCUT2D eigenvalue weighted by Crippen LogP contribution is -2.06. The lowest BCUT2D eigenvalue weighted by molar-refractivity contribution is -0.383. The molecule has 11 nitrogen and oxygen atoms in total. The molecule has 0 saturated carbocycles. The van der Waals surface area contributed by atoms with Crippen LogP contribution in [-0.2, 0) is 0 Å². The molecule has 0 unspecified atom stereocenters. The van der Waals surface area contributed by atoms with E-state index >= 15 is 0 Å². The Morgan fingerprint density at radius 1 is 1.11 bits per heavy atom. The van der Waals surface area contributed by atoms with E-state index in [2.05, 4.69) is 25.8 Å². The Labute approximate surface area is 163 Å². The first kappa shape index (κ1) is 19.2. The molecule has 0 atom stereocenters. The maximum atomic E-state index is 11.7. The Hall–Kier alpha value is -3.60. The smallest absolute Gasteiger partial charge is 0.353 e. The molecule has 3 rings (SSSR count). The number of aromatic nitrogens is 3. The zero-order valence-corrected chi connectivity index (χ0v) is 15.8. The number of halogens is 1. The molecule has 28 heavy (non-hydrogen) atoms. The van der Waals surface area contributed by atoms with Crippen LogP contribution >= 0.6 is 11.6 Å². The largest absolute Gasteiger partial charge is 0.495 e. The van der Waals surface area contributed by atoms with Gasteiger partial charge in [0.05, 0.1) is 29.9 Å². The van der Waals surface area contributed by atoms with Crippen LogP contribution in [0, 0.1) is 17.0 Å². The van der Waals surface area contributed by atoms with Crippen LogP contribution < -0.4 is 20.1 Å². The molecule has 146 valence electrons. The molecule has 3 aromatic rings. The fraction of sp³-hybridized carbons (Fsp3) is 0.188. The Balaban J connectivity index is 2.02. The summed E-state index contributed by atoms with van der Waals surface area (Å²) in [5.74, 6) is 1.43. The van der Waals surface area contributed by atoms with E-state index in [-0.39, 0.29) is 17.5 Å². The van der Waals surface area contributed by atoms with Gasteiger partial charge in [-0.2, -0.15) is 0 Å². The van der Waals surface area contributed by atoms with E-state index in [1.165, 1.54) is 26.6 Å². The van der Waals surface area contributed by atoms with Crippen molar-refractivity contribution < 1.29 is 18.9 Å². The average molecular weight is 407 g/mol. The zero-order valence-electron chi connectivity index (χ0n) is 15.0. The predicted molar refractivity (Wildman–Crippen MR) is 101 cm³/mol. The summed E-state index contributed by atoms with van der Waals surface area (Å²) < 4.78 is 15.4. The first-order valence-electron chi connectivity index (χ1n) is 7.81. The topological polar surface area (TPSA) is 137 Å². The SMILES string of the molecule is COc1cc(OC)c(Nc2ncnc(Nc3cc(C)on3)c2[N+](=O)[O-])cc1Cl. The number of hydrogen-bond donors (Lipinski definition) is 2. The van der Waals surface area contributed by atoms with Crippen molar-refractivity contribution in [2.24, 2.45) is 0 Å². The number of aryl methyl sites for hydroxylation is 1. The summed E-state index contributed by atoms with van der Waals surface area (Å²) in [6.45, 7) is 1.69. The Bertz CT molecular complexity index is 1020. The molecular formula is C16H15ClN6O5. The maximum Gasteiger partial charge on any atom is 0.353 e. The van der Waals surface area contributed by atoms with Gasteiger partial charge in [-0.1, -0.05) is 16.8 Å². The first-order chi connectivity index (χ1) is 13.4. The number of nitro groups is 1. The maximum absolute atomic E-state index is 11.7. The Kier molecular flexibility index (Phi) is 5.45. The highest BCUT2D eigenvalue weighted by Crippen LogP contribution is 2.39. The van der Waals surface area contributed by atoms with Gasteiger partial charge in [0, 0.05) is 12.1 Å². The number of anilines is 4.